The van der Waals surface area contributed by atoms with Gasteiger partial charge >= 0.3 is 5.97 Å². The third-order valence-corrected chi connectivity index (χ3v) is 4.76. The fraction of sp³-hybridized carbons (Fsp3) is 0.923. The second-order valence-electron chi connectivity index (χ2n) is 5.31. The molecule has 18 heavy (non-hydrogen) atoms. The van der Waals surface area contributed by atoms with Crippen LogP contribution in [0.25, 0.3) is 0 Å². The standard InChI is InChI=1S/C13H25NO3S/c1-9(15)10(2)18-8-7-13(3,12(16)17-4)14-11-5-6-11/h9-11,14-15H,5-8H2,1-4H3. The largest absolute Gasteiger partial charge is 0.468 e. The minimum atomic E-state index is -0.596. The van der Waals surface area contributed by atoms with Gasteiger partial charge in [-0.25, -0.2) is 0 Å². The van der Waals surface area contributed by atoms with Gasteiger partial charge in [0.2, 0.25) is 0 Å². The van der Waals surface area contributed by atoms with Crippen molar-refractivity contribution in [3.05, 3.63) is 0 Å². The summed E-state index contributed by atoms with van der Waals surface area (Å²) in [6, 6.07) is 0.466. The van der Waals surface area contributed by atoms with Crippen molar-refractivity contribution in [2.24, 2.45) is 0 Å². The van der Waals surface area contributed by atoms with Gasteiger partial charge in [-0.05, 0) is 38.9 Å². The molecule has 4 nitrogen and oxygen atoms in total. The average molecular weight is 275 g/mol. The highest BCUT2D eigenvalue weighted by atomic mass is 32.2. The molecule has 106 valence electrons. The van der Waals surface area contributed by atoms with E-state index in [9.17, 15) is 9.90 Å². The Kier molecular flexibility index (Phi) is 5.95. The lowest BCUT2D eigenvalue weighted by Gasteiger charge is -2.28. The maximum atomic E-state index is 11.9. The maximum Gasteiger partial charge on any atom is 0.325 e. The molecule has 0 aliphatic heterocycles. The van der Waals surface area contributed by atoms with E-state index >= 15 is 0 Å². The van der Waals surface area contributed by atoms with Crippen LogP contribution < -0.4 is 5.32 Å². The summed E-state index contributed by atoms with van der Waals surface area (Å²) >= 11 is 1.69. The van der Waals surface area contributed by atoms with Crippen molar-refractivity contribution in [3.63, 3.8) is 0 Å². The van der Waals surface area contributed by atoms with Gasteiger partial charge in [0.05, 0.1) is 13.2 Å². The number of carbonyl (C=O) groups excluding carboxylic acids is 1. The van der Waals surface area contributed by atoms with Crippen LogP contribution in [0.15, 0.2) is 0 Å². The number of aliphatic hydroxyl groups is 1. The van der Waals surface area contributed by atoms with Crippen LogP contribution in [0.3, 0.4) is 0 Å². The van der Waals surface area contributed by atoms with E-state index in [1.54, 1.807) is 18.7 Å². The molecule has 0 heterocycles. The minimum Gasteiger partial charge on any atom is -0.468 e. The Morgan fingerprint density at radius 3 is 2.61 bits per heavy atom. The molecule has 3 atom stereocenters. The highest BCUT2D eigenvalue weighted by molar-refractivity contribution is 7.99. The number of nitrogens with one attached hydrogen (secondary N) is 1. The quantitative estimate of drug-likeness (QED) is 0.658. The summed E-state index contributed by atoms with van der Waals surface area (Å²) in [4.78, 5) is 11.9. The molecule has 1 saturated carbocycles. The van der Waals surface area contributed by atoms with Gasteiger partial charge in [0.1, 0.15) is 5.54 Å². The van der Waals surface area contributed by atoms with Crippen molar-refractivity contribution in [1.29, 1.82) is 0 Å². The zero-order valence-electron chi connectivity index (χ0n) is 11.7. The lowest BCUT2D eigenvalue weighted by molar-refractivity contribution is -0.148. The molecule has 0 radical (unpaired) electrons. The van der Waals surface area contributed by atoms with Gasteiger partial charge in [0.25, 0.3) is 0 Å². The van der Waals surface area contributed by atoms with E-state index in [1.807, 2.05) is 13.8 Å². The van der Waals surface area contributed by atoms with Crippen LogP contribution in [0.1, 0.15) is 40.0 Å². The summed E-state index contributed by atoms with van der Waals surface area (Å²) < 4.78 is 4.89. The van der Waals surface area contributed by atoms with Crippen LogP contribution in [-0.2, 0) is 9.53 Å². The van der Waals surface area contributed by atoms with Gasteiger partial charge < -0.3 is 9.84 Å². The molecule has 2 N–H and O–H groups in total. The molecule has 0 spiro atoms. The van der Waals surface area contributed by atoms with Crippen molar-refractivity contribution < 1.29 is 14.6 Å². The zero-order chi connectivity index (χ0) is 13.8. The van der Waals surface area contributed by atoms with Crippen molar-refractivity contribution in [3.8, 4) is 0 Å². The molecular weight excluding hydrogens is 250 g/mol. The van der Waals surface area contributed by atoms with Crippen LogP contribution in [0.5, 0.6) is 0 Å². The summed E-state index contributed by atoms with van der Waals surface area (Å²) in [6.07, 6.45) is 2.68. The molecule has 1 fully saturated rings. The van der Waals surface area contributed by atoms with Crippen LogP contribution >= 0.6 is 11.8 Å². The minimum absolute atomic E-state index is 0.188. The molecule has 0 saturated heterocycles. The Labute approximate surface area is 114 Å². The van der Waals surface area contributed by atoms with Crippen LogP contribution in [-0.4, -0.2) is 46.9 Å². The molecule has 5 heteroatoms. The Hall–Kier alpha value is -0.260. The molecular formula is C13H25NO3S. The number of aliphatic hydroxyl groups excluding tert-OH is 1. The van der Waals surface area contributed by atoms with Gasteiger partial charge in [0.15, 0.2) is 0 Å². The average Bonchev–Trinajstić information content (AvgIpc) is 3.11. The Bertz CT molecular complexity index is 281. The van der Waals surface area contributed by atoms with E-state index in [1.165, 1.54) is 7.11 Å². The number of carbonyl (C=O) groups is 1. The molecule has 0 aromatic rings. The lowest BCUT2D eigenvalue weighted by atomic mass is 9.99. The van der Waals surface area contributed by atoms with Gasteiger partial charge in [-0.3, -0.25) is 10.1 Å². The summed E-state index contributed by atoms with van der Waals surface area (Å²) in [5, 5.41) is 13.0. The van der Waals surface area contributed by atoms with E-state index in [-0.39, 0.29) is 17.3 Å². The molecule has 1 rings (SSSR count). The predicted octanol–water partition coefficient (Wildman–Crippen LogP) is 1.56. The fourth-order valence-electron chi connectivity index (χ4n) is 1.72. The lowest BCUT2D eigenvalue weighted by Crippen LogP contribution is -2.51. The van der Waals surface area contributed by atoms with Crippen LogP contribution in [0.4, 0.5) is 0 Å². The Balaban J connectivity index is 2.43. The SMILES string of the molecule is COC(=O)C(C)(CCSC(C)C(C)O)NC1CC1. The number of methoxy groups -OCH3 is 1. The third kappa shape index (κ3) is 4.78. The van der Waals surface area contributed by atoms with Gasteiger partial charge in [-0.1, -0.05) is 6.92 Å². The fourth-order valence-corrected chi connectivity index (χ4v) is 2.90. The first-order valence-electron chi connectivity index (χ1n) is 6.55. The smallest absolute Gasteiger partial charge is 0.325 e. The second-order valence-corrected chi connectivity index (χ2v) is 6.79. The van der Waals surface area contributed by atoms with Gasteiger partial charge in [-0.2, -0.15) is 11.8 Å². The summed E-state index contributed by atoms with van der Waals surface area (Å²) in [7, 11) is 1.43. The molecule has 1 aliphatic rings. The molecule has 0 aromatic carbocycles. The summed E-state index contributed by atoms with van der Waals surface area (Å²) in [6.45, 7) is 5.70. The number of esters is 1. The molecule has 1 aliphatic carbocycles. The van der Waals surface area contributed by atoms with Crippen molar-refractivity contribution in [2.45, 2.75) is 63.0 Å². The van der Waals surface area contributed by atoms with Crippen LogP contribution in [0, 0.1) is 0 Å². The second kappa shape index (κ2) is 6.78. The van der Waals surface area contributed by atoms with Gasteiger partial charge in [0, 0.05) is 11.3 Å². The van der Waals surface area contributed by atoms with Crippen molar-refractivity contribution >= 4 is 17.7 Å². The number of ether oxygens (including phenoxy) is 1. The van der Waals surface area contributed by atoms with Gasteiger partial charge in [-0.15, -0.1) is 0 Å². The molecule has 0 bridgehead atoms. The van der Waals surface area contributed by atoms with E-state index in [2.05, 4.69) is 5.32 Å². The summed E-state index contributed by atoms with van der Waals surface area (Å²) in [5.41, 5.74) is -0.596. The first kappa shape index (κ1) is 15.8. The predicted molar refractivity (Wildman–Crippen MR) is 74.8 cm³/mol. The Morgan fingerprint density at radius 1 is 1.56 bits per heavy atom. The first-order chi connectivity index (χ1) is 8.39. The summed E-state index contributed by atoms with van der Waals surface area (Å²) in [5.74, 6) is 0.636. The number of hydrogen-bond donors (Lipinski definition) is 2. The topological polar surface area (TPSA) is 58.6 Å². The zero-order valence-corrected chi connectivity index (χ0v) is 12.5. The Morgan fingerprint density at radius 2 is 2.17 bits per heavy atom. The van der Waals surface area contributed by atoms with E-state index in [0.717, 1.165) is 25.0 Å². The molecule has 3 unspecified atom stereocenters. The maximum absolute atomic E-state index is 11.9. The monoisotopic (exact) mass is 275 g/mol. The van der Waals surface area contributed by atoms with Crippen LogP contribution in [0.2, 0.25) is 0 Å². The molecule has 0 amide bonds. The normalized spacial score (nSPS) is 22.1. The number of rotatable bonds is 8. The highest BCUT2D eigenvalue weighted by Gasteiger charge is 2.39. The van der Waals surface area contributed by atoms with E-state index in [4.69, 9.17) is 4.74 Å². The highest BCUT2D eigenvalue weighted by Crippen LogP contribution is 2.27. The van der Waals surface area contributed by atoms with E-state index < -0.39 is 5.54 Å². The van der Waals surface area contributed by atoms with Crippen molar-refractivity contribution in [2.75, 3.05) is 12.9 Å². The van der Waals surface area contributed by atoms with E-state index in [0.29, 0.717) is 6.04 Å². The number of thioether (sulfide) groups is 1. The first-order valence-corrected chi connectivity index (χ1v) is 7.59. The molecule has 0 aromatic heterocycles. The van der Waals surface area contributed by atoms with Crippen molar-refractivity contribution in [1.82, 2.24) is 5.32 Å². The third-order valence-electron chi connectivity index (χ3n) is 3.40. The number of hydrogen-bond acceptors (Lipinski definition) is 5.